The molecule has 0 unspecified atom stereocenters. The van der Waals surface area contributed by atoms with Gasteiger partial charge in [0.05, 0.1) is 16.8 Å². The van der Waals surface area contributed by atoms with E-state index in [4.69, 9.17) is 0 Å². The SMILES string of the molecule is O=C(CCc1ccc(F)cc1)NCc1nc2ccccc2s1. The van der Waals surface area contributed by atoms with Crippen molar-refractivity contribution in [2.45, 2.75) is 19.4 Å². The van der Waals surface area contributed by atoms with Crippen molar-refractivity contribution in [1.29, 1.82) is 0 Å². The normalized spacial score (nSPS) is 10.8. The number of carbonyl (C=O) groups is 1. The van der Waals surface area contributed by atoms with Gasteiger partial charge in [-0.3, -0.25) is 4.79 Å². The summed E-state index contributed by atoms with van der Waals surface area (Å²) >= 11 is 1.59. The lowest BCUT2D eigenvalue weighted by atomic mass is 10.1. The fourth-order valence-corrected chi connectivity index (χ4v) is 3.07. The molecule has 0 radical (unpaired) electrons. The van der Waals surface area contributed by atoms with Gasteiger partial charge < -0.3 is 5.32 Å². The Morgan fingerprint density at radius 2 is 1.91 bits per heavy atom. The van der Waals surface area contributed by atoms with E-state index in [1.807, 2.05) is 24.3 Å². The number of fused-ring (bicyclic) bond motifs is 1. The zero-order valence-electron chi connectivity index (χ0n) is 11.9. The van der Waals surface area contributed by atoms with Crippen LogP contribution in [0.1, 0.15) is 17.0 Å². The van der Waals surface area contributed by atoms with Crippen LogP contribution >= 0.6 is 11.3 Å². The number of nitrogens with zero attached hydrogens (tertiary/aromatic N) is 1. The zero-order chi connectivity index (χ0) is 15.4. The van der Waals surface area contributed by atoms with Crippen LogP contribution < -0.4 is 5.32 Å². The molecule has 0 fully saturated rings. The summed E-state index contributed by atoms with van der Waals surface area (Å²) in [7, 11) is 0. The molecule has 1 N–H and O–H groups in total. The highest BCUT2D eigenvalue weighted by Crippen LogP contribution is 2.21. The van der Waals surface area contributed by atoms with Crippen molar-refractivity contribution in [2.24, 2.45) is 0 Å². The van der Waals surface area contributed by atoms with Gasteiger partial charge in [-0.1, -0.05) is 24.3 Å². The Morgan fingerprint density at radius 1 is 1.14 bits per heavy atom. The molecule has 1 amide bonds. The minimum Gasteiger partial charge on any atom is -0.350 e. The van der Waals surface area contributed by atoms with Crippen LogP contribution in [0.15, 0.2) is 48.5 Å². The predicted octanol–water partition coefficient (Wildman–Crippen LogP) is 3.68. The first-order chi connectivity index (χ1) is 10.7. The van der Waals surface area contributed by atoms with E-state index < -0.39 is 0 Å². The van der Waals surface area contributed by atoms with Crippen LogP contribution in [-0.2, 0) is 17.8 Å². The topological polar surface area (TPSA) is 42.0 Å². The van der Waals surface area contributed by atoms with Crippen LogP contribution in [0.3, 0.4) is 0 Å². The Balaban J connectivity index is 1.50. The smallest absolute Gasteiger partial charge is 0.220 e. The van der Waals surface area contributed by atoms with Gasteiger partial charge in [0.1, 0.15) is 10.8 Å². The first kappa shape index (κ1) is 14.7. The Bertz CT molecular complexity index is 750. The molecule has 112 valence electrons. The average Bonchev–Trinajstić information content (AvgIpc) is 2.95. The third-order valence-corrected chi connectivity index (χ3v) is 4.37. The molecule has 0 atom stereocenters. The maximum atomic E-state index is 12.8. The third-order valence-electron chi connectivity index (χ3n) is 3.33. The van der Waals surface area contributed by atoms with E-state index in [-0.39, 0.29) is 11.7 Å². The number of rotatable bonds is 5. The largest absolute Gasteiger partial charge is 0.350 e. The number of hydrogen-bond acceptors (Lipinski definition) is 3. The van der Waals surface area contributed by atoms with Crippen LogP contribution in [0.4, 0.5) is 4.39 Å². The van der Waals surface area contributed by atoms with Crippen LogP contribution in [0.25, 0.3) is 10.2 Å². The summed E-state index contributed by atoms with van der Waals surface area (Å²) in [5.41, 5.74) is 1.92. The molecule has 22 heavy (non-hydrogen) atoms. The molecule has 0 saturated heterocycles. The predicted molar refractivity (Wildman–Crippen MR) is 86.2 cm³/mol. The second kappa shape index (κ2) is 6.66. The molecule has 2 aromatic carbocycles. The van der Waals surface area contributed by atoms with E-state index in [1.54, 1.807) is 23.5 Å². The summed E-state index contributed by atoms with van der Waals surface area (Å²) in [5, 5.41) is 3.78. The van der Waals surface area contributed by atoms with Gasteiger partial charge in [-0.2, -0.15) is 0 Å². The molecule has 0 aliphatic rings. The standard InChI is InChI=1S/C17H15FN2OS/c18-13-8-5-12(6-9-13)7-10-16(21)19-11-17-20-14-3-1-2-4-15(14)22-17/h1-6,8-9H,7,10-11H2,(H,19,21). The number of carbonyl (C=O) groups excluding carboxylic acids is 1. The quantitative estimate of drug-likeness (QED) is 0.780. The summed E-state index contributed by atoms with van der Waals surface area (Å²) in [5.74, 6) is -0.285. The van der Waals surface area contributed by atoms with Crippen molar-refractivity contribution >= 4 is 27.5 Å². The number of amides is 1. The molecule has 3 rings (SSSR count). The Hall–Kier alpha value is -2.27. The Morgan fingerprint density at radius 3 is 2.68 bits per heavy atom. The van der Waals surface area contributed by atoms with Crippen LogP contribution in [-0.4, -0.2) is 10.9 Å². The second-order valence-electron chi connectivity index (χ2n) is 4.98. The first-order valence-electron chi connectivity index (χ1n) is 7.06. The summed E-state index contributed by atoms with van der Waals surface area (Å²) in [6.45, 7) is 0.446. The van der Waals surface area contributed by atoms with Crippen LogP contribution in [0.2, 0.25) is 0 Å². The fraction of sp³-hybridized carbons (Fsp3) is 0.176. The van der Waals surface area contributed by atoms with Crippen molar-refractivity contribution in [3.63, 3.8) is 0 Å². The number of thiazole rings is 1. The van der Waals surface area contributed by atoms with E-state index in [2.05, 4.69) is 10.3 Å². The minimum atomic E-state index is -0.260. The zero-order valence-corrected chi connectivity index (χ0v) is 12.7. The highest BCUT2D eigenvalue weighted by molar-refractivity contribution is 7.18. The molecule has 0 bridgehead atoms. The summed E-state index contributed by atoms with van der Waals surface area (Å²) in [6, 6.07) is 14.1. The number of hydrogen-bond donors (Lipinski definition) is 1. The van der Waals surface area contributed by atoms with Gasteiger partial charge in [-0.25, -0.2) is 9.37 Å². The highest BCUT2D eigenvalue weighted by Gasteiger charge is 2.06. The molecule has 3 nitrogen and oxygen atoms in total. The maximum absolute atomic E-state index is 12.8. The summed E-state index contributed by atoms with van der Waals surface area (Å²) in [6.07, 6.45) is 0.989. The molecule has 0 aliphatic carbocycles. The third kappa shape index (κ3) is 3.68. The molecular weight excluding hydrogens is 299 g/mol. The molecule has 0 aliphatic heterocycles. The molecule has 0 spiro atoms. The van der Waals surface area contributed by atoms with Gasteiger partial charge in [0, 0.05) is 6.42 Å². The fourth-order valence-electron chi connectivity index (χ4n) is 2.17. The number of nitrogens with one attached hydrogen (secondary N) is 1. The molecular formula is C17H15FN2OS. The first-order valence-corrected chi connectivity index (χ1v) is 7.88. The van der Waals surface area contributed by atoms with Crippen molar-refractivity contribution in [3.05, 3.63) is 64.9 Å². The van der Waals surface area contributed by atoms with Crippen LogP contribution in [0.5, 0.6) is 0 Å². The van der Waals surface area contributed by atoms with Gasteiger partial charge in [-0.05, 0) is 36.2 Å². The van der Waals surface area contributed by atoms with Gasteiger partial charge in [0.15, 0.2) is 0 Å². The Labute approximate surface area is 131 Å². The van der Waals surface area contributed by atoms with Crippen molar-refractivity contribution in [2.75, 3.05) is 0 Å². The number of halogens is 1. The van der Waals surface area contributed by atoms with E-state index in [9.17, 15) is 9.18 Å². The van der Waals surface area contributed by atoms with E-state index in [1.165, 1.54) is 12.1 Å². The number of para-hydroxylation sites is 1. The maximum Gasteiger partial charge on any atom is 0.220 e. The number of benzene rings is 2. The van der Waals surface area contributed by atoms with Gasteiger partial charge >= 0.3 is 0 Å². The lowest BCUT2D eigenvalue weighted by molar-refractivity contribution is -0.121. The average molecular weight is 314 g/mol. The van der Waals surface area contributed by atoms with E-state index in [0.29, 0.717) is 19.4 Å². The molecule has 5 heteroatoms. The molecule has 3 aromatic rings. The van der Waals surface area contributed by atoms with E-state index >= 15 is 0 Å². The monoisotopic (exact) mass is 314 g/mol. The van der Waals surface area contributed by atoms with E-state index in [0.717, 1.165) is 20.8 Å². The molecule has 1 heterocycles. The summed E-state index contributed by atoms with van der Waals surface area (Å²) < 4.78 is 13.9. The molecule has 0 saturated carbocycles. The van der Waals surface area contributed by atoms with Gasteiger partial charge in [0.25, 0.3) is 0 Å². The lowest BCUT2D eigenvalue weighted by Crippen LogP contribution is -2.22. The van der Waals surface area contributed by atoms with Crippen molar-refractivity contribution in [3.8, 4) is 0 Å². The summed E-state index contributed by atoms with van der Waals surface area (Å²) in [4.78, 5) is 16.3. The lowest BCUT2D eigenvalue weighted by Gasteiger charge is -2.03. The Kier molecular flexibility index (Phi) is 4.44. The van der Waals surface area contributed by atoms with Crippen molar-refractivity contribution < 1.29 is 9.18 Å². The molecule has 1 aromatic heterocycles. The van der Waals surface area contributed by atoms with Crippen molar-refractivity contribution in [1.82, 2.24) is 10.3 Å². The number of aryl methyl sites for hydroxylation is 1. The van der Waals surface area contributed by atoms with Gasteiger partial charge in [0.2, 0.25) is 5.91 Å². The van der Waals surface area contributed by atoms with Gasteiger partial charge in [-0.15, -0.1) is 11.3 Å². The van der Waals surface area contributed by atoms with Crippen LogP contribution in [0, 0.1) is 5.82 Å². The minimum absolute atomic E-state index is 0.0245. The number of aromatic nitrogens is 1. The second-order valence-corrected chi connectivity index (χ2v) is 6.09. The highest BCUT2D eigenvalue weighted by atomic mass is 32.1.